The van der Waals surface area contributed by atoms with Gasteiger partial charge in [0.1, 0.15) is 12.4 Å². The molecule has 1 saturated heterocycles. The first-order valence-corrected chi connectivity index (χ1v) is 15.9. The summed E-state index contributed by atoms with van der Waals surface area (Å²) >= 11 is 0. The fourth-order valence-corrected chi connectivity index (χ4v) is 6.06. The van der Waals surface area contributed by atoms with Gasteiger partial charge in [-0.15, -0.1) is 0 Å². The van der Waals surface area contributed by atoms with Gasteiger partial charge >= 0.3 is 7.12 Å². The molecule has 0 spiro atoms. The predicted molar refractivity (Wildman–Crippen MR) is 172 cm³/mol. The fourth-order valence-electron chi connectivity index (χ4n) is 6.06. The minimum absolute atomic E-state index is 0.139. The van der Waals surface area contributed by atoms with E-state index >= 15 is 0 Å². The molecule has 0 atom stereocenters. The predicted octanol–water partition coefficient (Wildman–Crippen LogP) is 6.50. The number of rotatable bonds is 9. The van der Waals surface area contributed by atoms with Crippen molar-refractivity contribution in [1.29, 1.82) is 0 Å². The third kappa shape index (κ3) is 6.71. The monoisotopic (exact) mass is 649 g/mol. The first kappa shape index (κ1) is 32.9. The smallest absolute Gasteiger partial charge is 0.494 e. The van der Waals surface area contributed by atoms with Crippen LogP contribution in [0.1, 0.15) is 75.3 Å². The highest BCUT2D eigenvalue weighted by molar-refractivity contribution is 6.62. The molecule has 1 aromatic heterocycles. The second kappa shape index (κ2) is 12.9. The van der Waals surface area contributed by atoms with Crippen molar-refractivity contribution in [2.24, 2.45) is 5.92 Å². The summed E-state index contributed by atoms with van der Waals surface area (Å²) in [6.45, 7) is 8.18. The van der Waals surface area contributed by atoms with Crippen molar-refractivity contribution >= 4 is 29.4 Å². The van der Waals surface area contributed by atoms with Crippen LogP contribution in [-0.2, 0) is 15.9 Å². The maximum atomic E-state index is 14.9. The molecular formula is C35H39BF3N3O5. The van der Waals surface area contributed by atoms with Gasteiger partial charge in [-0.3, -0.25) is 9.48 Å². The molecule has 1 amide bonds. The van der Waals surface area contributed by atoms with Crippen LogP contribution in [0.4, 0.5) is 13.2 Å². The molecule has 47 heavy (non-hydrogen) atoms. The summed E-state index contributed by atoms with van der Waals surface area (Å²) in [6, 6.07) is 13.6. The normalized spacial score (nSPS) is 20.4. The zero-order valence-corrected chi connectivity index (χ0v) is 27.2. The van der Waals surface area contributed by atoms with Crippen molar-refractivity contribution in [1.82, 2.24) is 15.1 Å². The number of amides is 1. The molecule has 4 aromatic rings. The van der Waals surface area contributed by atoms with Gasteiger partial charge < -0.3 is 24.1 Å². The fraction of sp³-hybridized carbons (Fsp3) is 0.429. The van der Waals surface area contributed by atoms with Crippen molar-refractivity contribution in [2.75, 3.05) is 13.7 Å². The second-order valence-corrected chi connectivity index (χ2v) is 13.4. The molecule has 12 heteroatoms. The van der Waals surface area contributed by atoms with E-state index in [0.29, 0.717) is 17.4 Å². The first-order chi connectivity index (χ1) is 22.3. The Morgan fingerprint density at radius 2 is 1.66 bits per heavy atom. The lowest BCUT2D eigenvalue weighted by Crippen LogP contribution is -2.41. The summed E-state index contributed by atoms with van der Waals surface area (Å²) in [5, 5.41) is 8.55. The number of nitrogens with one attached hydrogen (secondary N) is 1. The molecule has 8 nitrogen and oxygen atoms in total. The topological polar surface area (TPSA) is 83.8 Å². The molecule has 248 valence electrons. The number of nitrogens with zero attached hydrogens (tertiary/aromatic N) is 2. The maximum Gasteiger partial charge on any atom is 0.494 e. The highest BCUT2D eigenvalue weighted by Crippen LogP contribution is 2.37. The van der Waals surface area contributed by atoms with Crippen molar-refractivity contribution in [3.05, 3.63) is 83.3 Å². The Labute approximate surface area is 272 Å². The van der Waals surface area contributed by atoms with Crippen LogP contribution in [0.25, 0.3) is 10.9 Å². The standard InChI is InChI=1S/C35H39BF3N3O5/c1-34(2)35(3,4)47-36(46-34)24-11-10-23-19-42(41-29(23)16-24)25-12-6-21(7-13-25)18-40-33(43)27-17-28(37)32(31(39)30(27)38)45-20-22-8-14-26(44-5)15-9-22/h8-11,14-17,19,21,25H,6-7,12-13,18,20H2,1-5H3,(H,40,43)/t21-,25-. The summed E-state index contributed by atoms with van der Waals surface area (Å²) in [6.07, 6.45) is 5.35. The summed E-state index contributed by atoms with van der Waals surface area (Å²) in [5.41, 5.74) is 0.840. The van der Waals surface area contributed by atoms with Gasteiger partial charge in [0, 0.05) is 18.1 Å². The average molecular weight is 650 g/mol. The minimum Gasteiger partial charge on any atom is -0.497 e. The van der Waals surface area contributed by atoms with E-state index in [-0.39, 0.29) is 25.1 Å². The molecule has 6 rings (SSSR count). The Hall–Kier alpha value is -4.03. The molecule has 2 heterocycles. The number of aromatic nitrogens is 2. The lowest BCUT2D eigenvalue weighted by molar-refractivity contribution is 0.00578. The number of halogens is 3. The van der Waals surface area contributed by atoms with Gasteiger partial charge in [-0.05, 0) is 94.6 Å². The Kier molecular flexibility index (Phi) is 9.01. The number of ether oxygens (including phenoxy) is 2. The van der Waals surface area contributed by atoms with Crippen molar-refractivity contribution in [3.8, 4) is 11.5 Å². The molecule has 0 unspecified atom stereocenters. The van der Waals surface area contributed by atoms with Crippen molar-refractivity contribution in [3.63, 3.8) is 0 Å². The summed E-state index contributed by atoms with van der Waals surface area (Å²) < 4.78 is 69.1. The van der Waals surface area contributed by atoms with Crippen LogP contribution in [-0.4, -0.2) is 47.7 Å². The van der Waals surface area contributed by atoms with Gasteiger partial charge in [-0.1, -0.05) is 24.3 Å². The molecule has 2 fully saturated rings. The molecule has 1 aliphatic carbocycles. The summed E-state index contributed by atoms with van der Waals surface area (Å²) in [7, 11) is 1.06. The van der Waals surface area contributed by atoms with E-state index in [4.69, 9.17) is 23.9 Å². The summed E-state index contributed by atoms with van der Waals surface area (Å²) in [5.74, 6) is -5.15. The Morgan fingerprint density at radius 1 is 0.979 bits per heavy atom. The summed E-state index contributed by atoms with van der Waals surface area (Å²) in [4.78, 5) is 12.8. The molecule has 2 aliphatic rings. The van der Waals surface area contributed by atoms with E-state index in [1.807, 2.05) is 56.8 Å². The van der Waals surface area contributed by atoms with E-state index in [2.05, 4.69) is 5.32 Å². The van der Waals surface area contributed by atoms with Gasteiger partial charge in [0.05, 0.1) is 35.4 Å². The third-order valence-electron chi connectivity index (χ3n) is 9.72. The highest BCUT2D eigenvalue weighted by Gasteiger charge is 2.51. The van der Waals surface area contributed by atoms with Crippen LogP contribution >= 0.6 is 0 Å². The number of benzene rings is 3. The van der Waals surface area contributed by atoms with E-state index in [0.717, 1.165) is 42.0 Å². The lowest BCUT2D eigenvalue weighted by atomic mass is 9.79. The SMILES string of the molecule is COc1ccc(COc2c(F)cc(C(=O)NC[C@H]3CC[C@H](n4cc5ccc(B6OC(C)(C)C(C)(C)O6)cc5n4)CC3)c(F)c2F)cc1. The number of methoxy groups -OCH3 is 1. The van der Waals surface area contributed by atoms with Gasteiger partial charge in [0.2, 0.25) is 5.82 Å². The Morgan fingerprint density at radius 3 is 2.32 bits per heavy atom. The second-order valence-electron chi connectivity index (χ2n) is 13.4. The number of hydrogen-bond donors (Lipinski definition) is 1. The van der Waals surface area contributed by atoms with Gasteiger partial charge in [-0.2, -0.15) is 9.49 Å². The Balaban J connectivity index is 1.02. The highest BCUT2D eigenvalue weighted by atomic mass is 19.2. The molecule has 0 radical (unpaired) electrons. The number of hydrogen-bond acceptors (Lipinski definition) is 6. The van der Waals surface area contributed by atoms with Gasteiger partial charge in [-0.25, -0.2) is 8.78 Å². The average Bonchev–Trinajstić information content (AvgIpc) is 3.58. The molecule has 3 aromatic carbocycles. The van der Waals surface area contributed by atoms with Crippen molar-refractivity contribution in [2.45, 2.75) is 77.2 Å². The Bertz CT molecular complexity index is 1750. The van der Waals surface area contributed by atoms with E-state index < -0.39 is 53.0 Å². The third-order valence-corrected chi connectivity index (χ3v) is 9.72. The largest absolute Gasteiger partial charge is 0.497 e. The zero-order chi connectivity index (χ0) is 33.5. The first-order valence-electron chi connectivity index (χ1n) is 15.9. The molecule has 1 aliphatic heterocycles. The maximum absolute atomic E-state index is 14.9. The minimum atomic E-state index is -1.54. The molecular weight excluding hydrogens is 610 g/mol. The van der Waals surface area contributed by atoms with Crippen LogP contribution in [0, 0.1) is 23.4 Å². The molecule has 1 N–H and O–H groups in total. The van der Waals surface area contributed by atoms with Crippen LogP contribution in [0.5, 0.6) is 11.5 Å². The molecule has 0 bridgehead atoms. The van der Waals surface area contributed by atoms with E-state index in [1.165, 1.54) is 7.11 Å². The van der Waals surface area contributed by atoms with E-state index in [9.17, 15) is 18.0 Å². The quantitative estimate of drug-likeness (QED) is 0.165. The van der Waals surface area contributed by atoms with Crippen LogP contribution < -0.4 is 20.3 Å². The number of fused-ring (bicyclic) bond motifs is 1. The van der Waals surface area contributed by atoms with Crippen LogP contribution in [0.3, 0.4) is 0 Å². The molecule has 1 saturated carbocycles. The van der Waals surface area contributed by atoms with Gasteiger partial charge in [0.25, 0.3) is 5.91 Å². The van der Waals surface area contributed by atoms with Crippen LogP contribution in [0.2, 0.25) is 0 Å². The zero-order valence-electron chi connectivity index (χ0n) is 27.2. The van der Waals surface area contributed by atoms with Gasteiger partial charge in [0.15, 0.2) is 17.4 Å². The number of carbonyl (C=O) groups excluding carboxylic acids is 1. The van der Waals surface area contributed by atoms with E-state index in [1.54, 1.807) is 24.3 Å². The van der Waals surface area contributed by atoms with Crippen molar-refractivity contribution < 1.29 is 36.7 Å². The lowest BCUT2D eigenvalue weighted by Gasteiger charge is -2.32. The number of carbonyl (C=O) groups is 1. The van der Waals surface area contributed by atoms with Crippen LogP contribution in [0.15, 0.2) is 54.7 Å².